The molecule has 0 saturated carbocycles. The first-order valence-corrected chi connectivity index (χ1v) is 9.74. The summed E-state index contributed by atoms with van der Waals surface area (Å²) in [4.78, 5) is 16.3. The SMILES string of the molecule is COc1cc(/C=C2\N=C(c3ccccc3F)OC2=O)ccc1OCc1cccc(Cl)c1. The van der Waals surface area contributed by atoms with Crippen LogP contribution < -0.4 is 9.47 Å². The molecule has 1 aliphatic rings. The zero-order chi connectivity index (χ0) is 21.8. The smallest absolute Gasteiger partial charge is 0.363 e. The molecule has 4 rings (SSSR count). The van der Waals surface area contributed by atoms with Gasteiger partial charge in [-0.2, -0.15) is 0 Å². The fourth-order valence-electron chi connectivity index (χ4n) is 3.00. The highest BCUT2D eigenvalue weighted by molar-refractivity contribution is 6.30. The first-order chi connectivity index (χ1) is 15.0. The van der Waals surface area contributed by atoms with E-state index in [1.54, 1.807) is 42.5 Å². The van der Waals surface area contributed by atoms with Gasteiger partial charge in [0.15, 0.2) is 17.2 Å². The molecule has 0 amide bonds. The normalized spacial score (nSPS) is 14.4. The van der Waals surface area contributed by atoms with E-state index in [-0.39, 0.29) is 17.2 Å². The Morgan fingerprint density at radius 2 is 1.90 bits per heavy atom. The number of hydrogen-bond donors (Lipinski definition) is 0. The number of cyclic esters (lactones) is 1. The lowest BCUT2D eigenvalue weighted by molar-refractivity contribution is -0.129. The van der Waals surface area contributed by atoms with Gasteiger partial charge in [0.05, 0.1) is 12.7 Å². The van der Waals surface area contributed by atoms with Gasteiger partial charge in [-0.05, 0) is 53.6 Å². The molecule has 7 heteroatoms. The Balaban J connectivity index is 1.55. The fraction of sp³-hybridized carbons (Fsp3) is 0.0833. The number of hydrogen-bond acceptors (Lipinski definition) is 5. The molecule has 0 N–H and O–H groups in total. The largest absolute Gasteiger partial charge is 0.493 e. The highest BCUT2D eigenvalue weighted by Gasteiger charge is 2.26. The van der Waals surface area contributed by atoms with Gasteiger partial charge in [0, 0.05) is 5.02 Å². The van der Waals surface area contributed by atoms with Gasteiger partial charge in [-0.3, -0.25) is 0 Å². The van der Waals surface area contributed by atoms with Crippen molar-refractivity contribution in [3.63, 3.8) is 0 Å². The molecule has 31 heavy (non-hydrogen) atoms. The van der Waals surface area contributed by atoms with Gasteiger partial charge in [0.1, 0.15) is 12.4 Å². The number of benzene rings is 3. The summed E-state index contributed by atoms with van der Waals surface area (Å²) in [5.41, 5.74) is 1.76. The molecular weight excluding hydrogens is 421 g/mol. The third-order valence-electron chi connectivity index (χ3n) is 4.50. The molecular formula is C24H17ClFNO4. The van der Waals surface area contributed by atoms with Gasteiger partial charge in [0.2, 0.25) is 5.90 Å². The minimum atomic E-state index is -0.654. The molecule has 1 aliphatic heterocycles. The summed E-state index contributed by atoms with van der Waals surface area (Å²) < 4.78 is 30.3. The number of halogens is 2. The predicted octanol–water partition coefficient (Wildman–Crippen LogP) is 5.41. The molecule has 1 heterocycles. The summed E-state index contributed by atoms with van der Waals surface area (Å²) in [6, 6.07) is 18.6. The van der Waals surface area contributed by atoms with E-state index in [9.17, 15) is 9.18 Å². The molecule has 0 fully saturated rings. The van der Waals surface area contributed by atoms with E-state index in [1.807, 2.05) is 18.2 Å². The maximum absolute atomic E-state index is 14.0. The molecule has 5 nitrogen and oxygen atoms in total. The Bertz CT molecular complexity index is 1210. The third kappa shape index (κ3) is 4.75. The second kappa shape index (κ2) is 9.02. The summed E-state index contributed by atoms with van der Waals surface area (Å²) in [5.74, 6) is -0.213. The Hall–Kier alpha value is -3.64. The summed E-state index contributed by atoms with van der Waals surface area (Å²) in [7, 11) is 1.52. The van der Waals surface area contributed by atoms with E-state index >= 15 is 0 Å². The first-order valence-electron chi connectivity index (χ1n) is 9.36. The first kappa shape index (κ1) is 20.6. The van der Waals surface area contributed by atoms with Crippen LogP contribution in [0, 0.1) is 5.82 Å². The zero-order valence-electron chi connectivity index (χ0n) is 16.5. The highest BCUT2D eigenvalue weighted by atomic mass is 35.5. The second-order valence-corrected chi connectivity index (χ2v) is 7.08. The number of rotatable bonds is 6. The van der Waals surface area contributed by atoms with Crippen LogP contribution in [0.25, 0.3) is 6.08 Å². The lowest BCUT2D eigenvalue weighted by Gasteiger charge is -2.11. The van der Waals surface area contributed by atoms with Crippen molar-refractivity contribution in [2.45, 2.75) is 6.61 Å². The van der Waals surface area contributed by atoms with Gasteiger partial charge >= 0.3 is 5.97 Å². The molecule has 0 radical (unpaired) electrons. The van der Waals surface area contributed by atoms with Crippen LogP contribution in [-0.2, 0) is 16.1 Å². The molecule has 0 aliphatic carbocycles. The molecule has 0 saturated heterocycles. The zero-order valence-corrected chi connectivity index (χ0v) is 17.2. The maximum atomic E-state index is 14.0. The Morgan fingerprint density at radius 1 is 1.06 bits per heavy atom. The minimum absolute atomic E-state index is 0.0629. The van der Waals surface area contributed by atoms with Gasteiger partial charge < -0.3 is 14.2 Å². The molecule has 0 atom stereocenters. The quantitative estimate of drug-likeness (QED) is 0.382. The van der Waals surface area contributed by atoms with Gasteiger partial charge in [-0.1, -0.05) is 41.9 Å². The van der Waals surface area contributed by atoms with Crippen molar-refractivity contribution in [2.75, 3.05) is 7.11 Å². The van der Waals surface area contributed by atoms with E-state index in [0.717, 1.165) is 5.56 Å². The topological polar surface area (TPSA) is 57.1 Å². The Kier molecular flexibility index (Phi) is 6.00. The Morgan fingerprint density at radius 3 is 2.68 bits per heavy atom. The Labute approximate surface area is 183 Å². The number of carbonyl (C=O) groups excluding carboxylic acids is 1. The average Bonchev–Trinajstić information content (AvgIpc) is 3.13. The molecule has 3 aromatic rings. The van der Waals surface area contributed by atoms with Gasteiger partial charge in [-0.15, -0.1) is 0 Å². The van der Waals surface area contributed by atoms with Crippen molar-refractivity contribution in [2.24, 2.45) is 4.99 Å². The van der Waals surface area contributed by atoms with Crippen molar-refractivity contribution in [3.8, 4) is 11.5 Å². The van der Waals surface area contributed by atoms with E-state index < -0.39 is 11.8 Å². The summed E-state index contributed by atoms with van der Waals surface area (Å²) in [5, 5.41) is 0.633. The van der Waals surface area contributed by atoms with Crippen LogP contribution in [0.2, 0.25) is 5.02 Å². The monoisotopic (exact) mass is 437 g/mol. The second-order valence-electron chi connectivity index (χ2n) is 6.64. The highest BCUT2D eigenvalue weighted by Crippen LogP contribution is 2.30. The van der Waals surface area contributed by atoms with Crippen molar-refractivity contribution >= 4 is 29.5 Å². The predicted molar refractivity (Wildman–Crippen MR) is 116 cm³/mol. The number of nitrogens with zero attached hydrogens (tertiary/aromatic N) is 1. The van der Waals surface area contributed by atoms with E-state index in [2.05, 4.69) is 4.99 Å². The van der Waals surface area contributed by atoms with Crippen molar-refractivity contribution < 1.29 is 23.4 Å². The van der Waals surface area contributed by atoms with Crippen LogP contribution >= 0.6 is 11.6 Å². The van der Waals surface area contributed by atoms with E-state index in [4.69, 9.17) is 25.8 Å². The van der Waals surface area contributed by atoms with Crippen LogP contribution in [0.5, 0.6) is 11.5 Å². The molecule has 0 spiro atoms. The molecule has 3 aromatic carbocycles. The molecule has 0 bridgehead atoms. The number of ether oxygens (including phenoxy) is 3. The van der Waals surface area contributed by atoms with Crippen LogP contribution in [0.1, 0.15) is 16.7 Å². The minimum Gasteiger partial charge on any atom is -0.493 e. The lowest BCUT2D eigenvalue weighted by atomic mass is 10.1. The molecule has 0 unspecified atom stereocenters. The summed E-state index contributed by atoms with van der Waals surface area (Å²) in [6.45, 7) is 0.319. The summed E-state index contributed by atoms with van der Waals surface area (Å²) >= 11 is 6.00. The van der Waals surface area contributed by atoms with E-state index in [0.29, 0.717) is 28.7 Å². The summed E-state index contributed by atoms with van der Waals surface area (Å²) in [6.07, 6.45) is 1.54. The van der Waals surface area contributed by atoms with Crippen LogP contribution in [0.15, 0.2) is 77.4 Å². The number of carbonyl (C=O) groups is 1. The van der Waals surface area contributed by atoms with Crippen LogP contribution in [0.4, 0.5) is 4.39 Å². The van der Waals surface area contributed by atoms with Gasteiger partial charge in [0.25, 0.3) is 0 Å². The van der Waals surface area contributed by atoms with Gasteiger partial charge in [-0.25, -0.2) is 14.2 Å². The fourth-order valence-corrected chi connectivity index (χ4v) is 3.21. The number of esters is 1. The lowest BCUT2D eigenvalue weighted by Crippen LogP contribution is -2.07. The van der Waals surface area contributed by atoms with Crippen molar-refractivity contribution in [3.05, 3.63) is 100.0 Å². The average molecular weight is 438 g/mol. The number of aliphatic imine (C=N–C) groups is 1. The van der Waals surface area contributed by atoms with E-state index in [1.165, 1.54) is 19.2 Å². The van der Waals surface area contributed by atoms with Crippen LogP contribution in [0.3, 0.4) is 0 Å². The molecule has 0 aromatic heterocycles. The molecule has 156 valence electrons. The maximum Gasteiger partial charge on any atom is 0.363 e. The van der Waals surface area contributed by atoms with Crippen LogP contribution in [-0.4, -0.2) is 19.0 Å². The number of methoxy groups -OCH3 is 1. The van der Waals surface area contributed by atoms with Crippen molar-refractivity contribution in [1.29, 1.82) is 0 Å². The standard InChI is InChI=1S/C24H17ClFNO4/c1-29-22-13-15(9-10-21(22)30-14-16-5-4-6-17(25)11-16)12-20-24(28)31-23(27-20)18-7-2-3-8-19(18)26/h2-13H,14H2,1H3/b20-12-. The van der Waals surface area contributed by atoms with Crippen molar-refractivity contribution in [1.82, 2.24) is 0 Å². The third-order valence-corrected chi connectivity index (χ3v) is 4.73.